The van der Waals surface area contributed by atoms with Crippen molar-refractivity contribution in [1.29, 1.82) is 0 Å². The van der Waals surface area contributed by atoms with Gasteiger partial charge >= 0.3 is 0 Å². The maximum atomic E-state index is 9.41. The molecule has 0 spiro atoms. The molecule has 1 aromatic rings. The molecule has 0 unspecified atom stereocenters. The van der Waals surface area contributed by atoms with E-state index in [0.717, 1.165) is 37.1 Å². The number of ether oxygens (including phenoxy) is 1. The highest BCUT2D eigenvalue weighted by Gasteiger charge is 2.21. The summed E-state index contributed by atoms with van der Waals surface area (Å²) in [5, 5.41) is 14.4. The van der Waals surface area contributed by atoms with Gasteiger partial charge in [0.15, 0.2) is 0 Å². The summed E-state index contributed by atoms with van der Waals surface area (Å²) in [5.41, 5.74) is 1.77. The lowest BCUT2D eigenvalue weighted by Gasteiger charge is -2.25. The third-order valence-corrected chi connectivity index (χ3v) is 3.85. The van der Waals surface area contributed by atoms with Crippen molar-refractivity contribution < 1.29 is 9.84 Å². The van der Waals surface area contributed by atoms with E-state index in [4.69, 9.17) is 16.3 Å². The zero-order valence-electron chi connectivity index (χ0n) is 10.3. The van der Waals surface area contributed by atoms with E-state index < -0.39 is 0 Å². The molecule has 96 valence electrons. The monoisotopic (exact) mass is 258 g/mol. The first kappa shape index (κ1) is 12.9. The number of nitrogens with zero attached hydrogens (tertiary/aromatic N) is 2. The van der Waals surface area contributed by atoms with Crippen LogP contribution >= 0.6 is 11.6 Å². The van der Waals surface area contributed by atoms with Crippen LogP contribution < -0.4 is 0 Å². The zero-order valence-corrected chi connectivity index (χ0v) is 11.1. The van der Waals surface area contributed by atoms with Crippen molar-refractivity contribution in [3.05, 3.63) is 16.4 Å². The van der Waals surface area contributed by atoms with Crippen LogP contribution in [0.4, 0.5) is 0 Å². The Hall–Kier alpha value is -0.580. The van der Waals surface area contributed by atoms with Gasteiger partial charge in [-0.05, 0) is 32.6 Å². The molecular weight excluding hydrogens is 240 g/mol. The van der Waals surface area contributed by atoms with Gasteiger partial charge in [-0.2, -0.15) is 5.10 Å². The molecule has 0 bridgehead atoms. The fraction of sp³-hybridized carbons (Fsp3) is 0.750. The number of aromatic nitrogens is 2. The van der Waals surface area contributed by atoms with Crippen molar-refractivity contribution >= 4 is 11.6 Å². The van der Waals surface area contributed by atoms with E-state index in [2.05, 4.69) is 5.10 Å². The number of hydrogen-bond donors (Lipinski definition) is 1. The van der Waals surface area contributed by atoms with E-state index in [1.54, 1.807) is 4.68 Å². The molecule has 0 aliphatic heterocycles. The number of aliphatic hydroxyl groups is 1. The maximum Gasteiger partial charge on any atom is 0.0903 e. The summed E-state index contributed by atoms with van der Waals surface area (Å²) in [5.74, 6) is 0. The van der Waals surface area contributed by atoms with Crippen molar-refractivity contribution in [3.8, 4) is 0 Å². The predicted molar refractivity (Wildman–Crippen MR) is 66.0 cm³/mol. The summed E-state index contributed by atoms with van der Waals surface area (Å²) >= 11 is 6.15. The van der Waals surface area contributed by atoms with Crippen molar-refractivity contribution in [1.82, 2.24) is 9.78 Å². The van der Waals surface area contributed by atoms with Gasteiger partial charge in [-0.1, -0.05) is 11.6 Å². The van der Waals surface area contributed by atoms with Crippen LogP contribution in [-0.4, -0.2) is 27.1 Å². The Balaban J connectivity index is 1.89. The summed E-state index contributed by atoms with van der Waals surface area (Å²) in [7, 11) is 1.88. The fourth-order valence-electron chi connectivity index (χ4n) is 2.25. The van der Waals surface area contributed by atoms with Gasteiger partial charge in [0.25, 0.3) is 0 Å². The Morgan fingerprint density at radius 2 is 2.06 bits per heavy atom. The third kappa shape index (κ3) is 3.00. The van der Waals surface area contributed by atoms with Gasteiger partial charge in [0.2, 0.25) is 0 Å². The molecule has 1 N–H and O–H groups in total. The standard InChI is InChI=1S/C12H19ClN2O2/c1-8-12(13)11(15(2)14-8)7-17-10-5-3-9(16)4-6-10/h9-10,16H,3-7H2,1-2H3. The maximum absolute atomic E-state index is 9.41. The molecule has 1 heterocycles. The van der Waals surface area contributed by atoms with Crippen LogP contribution in [0.5, 0.6) is 0 Å². The number of rotatable bonds is 3. The Morgan fingerprint density at radius 1 is 1.41 bits per heavy atom. The second kappa shape index (κ2) is 5.38. The lowest BCUT2D eigenvalue weighted by Crippen LogP contribution is -2.24. The largest absolute Gasteiger partial charge is 0.393 e. The summed E-state index contributed by atoms with van der Waals surface area (Å²) in [4.78, 5) is 0. The topological polar surface area (TPSA) is 47.3 Å². The van der Waals surface area contributed by atoms with E-state index in [1.807, 2.05) is 14.0 Å². The van der Waals surface area contributed by atoms with Crippen molar-refractivity contribution in [3.63, 3.8) is 0 Å². The minimum absolute atomic E-state index is 0.141. The minimum Gasteiger partial charge on any atom is -0.393 e. The Kier molecular flexibility index (Phi) is 4.07. The van der Waals surface area contributed by atoms with Gasteiger partial charge in [-0.3, -0.25) is 4.68 Å². The first-order valence-electron chi connectivity index (χ1n) is 6.05. The number of aryl methyl sites for hydroxylation is 2. The van der Waals surface area contributed by atoms with Crippen molar-refractivity contribution in [2.75, 3.05) is 0 Å². The first-order chi connectivity index (χ1) is 8.08. The van der Waals surface area contributed by atoms with Crippen LogP contribution in [0, 0.1) is 6.92 Å². The van der Waals surface area contributed by atoms with Gasteiger partial charge in [0.1, 0.15) is 0 Å². The van der Waals surface area contributed by atoms with E-state index in [9.17, 15) is 5.11 Å². The average Bonchev–Trinajstić information content (AvgIpc) is 2.54. The Morgan fingerprint density at radius 3 is 2.59 bits per heavy atom. The molecule has 1 saturated carbocycles. The Labute approximate surface area is 107 Å². The average molecular weight is 259 g/mol. The van der Waals surface area contributed by atoms with E-state index in [1.165, 1.54) is 0 Å². The molecule has 0 aromatic carbocycles. The van der Waals surface area contributed by atoms with E-state index >= 15 is 0 Å². The second-order valence-electron chi connectivity index (χ2n) is 4.71. The molecule has 0 saturated heterocycles. The van der Waals surface area contributed by atoms with Gasteiger partial charge in [0, 0.05) is 7.05 Å². The third-order valence-electron chi connectivity index (χ3n) is 3.36. The van der Waals surface area contributed by atoms with Crippen LogP contribution in [0.3, 0.4) is 0 Å². The summed E-state index contributed by atoms with van der Waals surface area (Å²) < 4.78 is 7.61. The molecule has 1 aliphatic rings. The molecule has 17 heavy (non-hydrogen) atoms. The fourth-order valence-corrected chi connectivity index (χ4v) is 2.46. The molecule has 0 amide bonds. The molecule has 0 atom stereocenters. The van der Waals surface area contributed by atoms with Crippen LogP contribution in [0.2, 0.25) is 5.02 Å². The lowest BCUT2D eigenvalue weighted by molar-refractivity contribution is -0.0139. The second-order valence-corrected chi connectivity index (χ2v) is 5.09. The van der Waals surface area contributed by atoms with Gasteiger partial charge in [-0.15, -0.1) is 0 Å². The highest BCUT2D eigenvalue weighted by molar-refractivity contribution is 6.31. The van der Waals surface area contributed by atoms with Gasteiger partial charge < -0.3 is 9.84 Å². The number of hydrogen-bond acceptors (Lipinski definition) is 3. The zero-order chi connectivity index (χ0) is 12.4. The normalized spacial score (nSPS) is 25.2. The minimum atomic E-state index is -0.141. The number of halogens is 1. The van der Waals surface area contributed by atoms with Crippen LogP contribution in [0.15, 0.2) is 0 Å². The Bertz CT molecular complexity index is 384. The van der Waals surface area contributed by atoms with Crippen LogP contribution in [0.25, 0.3) is 0 Å². The van der Waals surface area contributed by atoms with Gasteiger partial charge in [0.05, 0.1) is 35.2 Å². The molecule has 1 aliphatic carbocycles. The summed E-state index contributed by atoms with van der Waals surface area (Å²) in [6.07, 6.45) is 3.62. The SMILES string of the molecule is Cc1nn(C)c(COC2CCC(O)CC2)c1Cl. The molecule has 5 heteroatoms. The van der Waals surface area contributed by atoms with E-state index in [0.29, 0.717) is 11.6 Å². The summed E-state index contributed by atoms with van der Waals surface area (Å²) in [6, 6.07) is 0. The smallest absolute Gasteiger partial charge is 0.0903 e. The lowest BCUT2D eigenvalue weighted by atomic mass is 9.95. The highest BCUT2D eigenvalue weighted by Crippen LogP contribution is 2.24. The molecular formula is C12H19ClN2O2. The van der Waals surface area contributed by atoms with Crippen LogP contribution in [0.1, 0.15) is 37.1 Å². The van der Waals surface area contributed by atoms with E-state index in [-0.39, 0.29) is 12.2 Å². The van der Waals surface area contributed by atoms with Crippen LogP contribution in [-0.2, 0) is 18.4 Å². The number of aliphatic hydroxyl groups excluding tert-OH is 1. The highest BCUT2D eigenvalue weighted by atomic mass is 35.5. The predicted octanol–water partition coefficient (Wildman–Crippen LogP) is 2.20. The van der Waals surface area contributed by atoms with Crippen molar-refractivity contribution in [2.24, 2.45) is 7.05 Å². The molecule has 4 nitrogen and oxygen atoms in total. The van der Waals surface area contributed by atoms with Crippen molar-refractivity contribution in [2.45, 2.75) is 51.4 Å². The molecule has 0 radical (unpaired) electrons. The molecule has 1 aromatic heterocycles. The first-order valence-corrected chi connectivity index (χ1v) is 6.43. The molecule has 2 rings (SSSR count). The molecule has 1 fully saturated rings. The van der Waals surface area contributed by atoms with Gasteiger partial charge in [-0.25, -0.2) is 0 Å². The quantitative estimate of drug-likeness (QED) is 0.904. The summed E-state index contributed by atoms with van der Waals surface area (Å²) in [6.45, 7) is 2.39.